The van der Waals surface area contributed by atoms with Crippen LogP contribution in [-0.2, 0) is 0 Å². The topological polar surface area (TPSA) is 8.17 Å². The van der Waals surface area contributed by atoms with E-state index in [-0.39, 0.29) is 0 Å². The van der Waals surface area contributed by atoms with Crippen LogP contribution in [0.25, 0.3) is 58.8 Å². The lowest BCUT2D eigenvalue weighted by Gasteiger charge is -2.27. The molecule has 45 heavy (non-hydrogen) atoms. The van der Waals surface area contributed by atoms with Gasteiger partial charge < -0.3 is 9.47 Å². The summed E-state index contributed by atoms with van der Waals surface area (Å²) in [6.45, 7) is 0. The van der Waals surface area contributed by atoms with E-state index in [2.05, 4.69) is 179 Å². The highest BCUT2D eigenvalue weighted by Gasteiger charge is 2.23. The molecule has 2 nitrogen and oxygen atoms in total. The second-order valence-electron chi connectivity index (χ2n) is 11.4. The van der Waals surface area contributed by atoms with Crippen molar-refractivity contribution in [2.45, 2.75) is 0 Å². The maximum Gasteiger partial charge on any atom is 0.0562 e. The second-order valence-corrected chi connectivity index (χ2v) is 12.4. The minimum Gasteiger partial charge on any atom is -0.310 e. The third-order valence-electron chi connectivity index (χ3n) is 8.77. The van der Waals surface area contributed by atoms with E-state index in [9.17, 15) is 0 Å². The molecule has 0 spiro atoms. The lowest BCUT2D eigenvalue weighted by Crippen LogP contribution is -2.10. The third-order valence-corrected chi connectivity index (χ3v) is 9.92. The normalized spacial score (nSPS) is 11.6. The maximum absolute atomic E-state index is 2.44. The number of aromatic nitrogens is 1. The first-order valence-electron chi connectivity index (χ1n) is 15.3. The quantitative estimate of drug-likeness (QED) is 0.193. The molecule has 0 saturated carbocycles. The SMILES string of the molecule is c1ccc(-c2cccc3c2c2c(N(c4ccccc4)c4ccc5sc6ccccc6c5c4)cccc2n3-c2ccccc2)cc1. The fraction of sp³-hybridized carbons (Fsp3) is 0. The van der Waals surface area contributed by atoms with Gasteiger partial charge in [0.15, 0.2) is 0 Å². The first-order chi connectivity index (χ1) is 22.3. The zero-order valence-electron chi connectivity index (χ0n) is 24.5. The summed E-state index contributed by atoms with van der Waals surface area (Å²) in [6, 6.07) is 61.4. The zero-order valence-corrected chi connectivity index (χ0v) is 25.3. The van der Waals surface area contributed by atoms with Crippen LogP contribution in [0.15, 0.2) is 170 Å². The predicted molar refractivity (Wildman–Crippen MR) is 194 cm³/mol. The van der Waals surface area contributed by atoms with Crippen molar-refractivity contribution < 1.29 is 0 Å². The minimum absolute atomic E-state index is 1.13. The number of nitrogens with zero attached hydrogens (tertiary/aromatic N) is 2. The number of thiophene rings is 1. The summed E-state index contributed by atoms with van der Waals surface area (Å²) in [4.78, 5) is 2.44. The Balaban J connectivity index is 1.41. The number of hydrogen-bond acceptors (Lipinski definition) is 2. The molecule has 2 heterocycles. The van der Waals surface area contributed by atoms with Gasteiger partial charge in [0.25, 0.3) is 0 Å². The molecular formula is C42H28N2S. The van der Waals surface area contributed by atoms with Crippen LogP contribution in [0, 0.1) is 0 Å². The van der Waals surface area contributed by atoms with Crippen molar-refractivity contribution in [1.82, 2.24) is 4.57 Å². The summed E-state index contributed by atoms with van der Waals surface area (Å²) in [5, 5.41) is 5.08. The largest absolute Gasteiger partial charge is 0.310 e. The molecule has 212 valence electrons. The fourth-order valence-electron chi connectivity index (χ4n) is 6.85. The molecule has 0 aliphatic rings. The van der Waals surface area contributed by atoms with Crippen LogP contribution >= 0.6 is 11.3 Å². The zero-order chi connectivity index (χ0) is 29.7. The highest BCUT2D eigenvalue weighted by atomic mass is 32.1. The molecule has 0 atom stereocenters. The molecule has 9 rings (SSSR count). The molecule has 7 aromatic carbocycles. The van der Waals surface area contributed by atoms with E-state index in [1.54, 1.807) is 0 Å². The van der Waals surface area contributed by atoms with Crippen LogP contribution in [-0.4, -0.2) is 4.57 Å². The van der Waals surface area contributed by atoms with E-state index in [1.165, 1.54) is 53.1 Å². The van der Waals surface area contributed by atoms with Crippen LogP contribution in [0.4, 0.5) is 17.1 Å². The Morgan fingerprint density at radius 1 is 0.444 bits per heavy atom. The first-order valence-corrected chi connectivity index (χ1v) is 16.1. The molecule has 0 N–H and O–H groups in total. The molecule has 9 aromatic rings. The van der Waals surface area contributed by atoms with Gasteiger partial charge in [-0.3, -0.25) is 0 Å². The second kappa shape index (κ2) is 10.5. The first kappa shape index (κ1) is 25.8. The maximum atomic E-state index is 2.44. The lowest BCUT2D eigenvalue weighted by atomic mass is 9.98. The van der Waals surface area contributed by atoms with Crippen molar-refractivity contribution in [2.24, 2.45) is 0 Å². The third kappa shape index (κ3) is 4.16. The molecule has 2 aromatic heterocycles. The van der Waals surface area contributed by atoms with Gasteiger partial charge in [-0.1, -0.05) is 103 Å². The van der Waals surface area contributed by atoms with Gasteiger partial charge in [-0.25, -0.2) is 0 Å². The molecule has 0 amide bonds. The summed E-state index contributed by atoms with van der Waals surface area (Å²) in [5.41, 5.74) is 9.38. The van der Waals surface area contributed by atoms with E-state index < -0.39 is 0 Å². The van der Waals surface area contributed by atoms with Gasteiger partial charge >= 0.3 is 0 Å². The van der Waals surface area contributed by atoms with Gasteiger partial charge in [0.05, 0.1) is 16.7 Å². The molecule has 0 aliphatic carbocycles. The summed E-state index contributed by atoms with van der Waals surface area (Å²) in [6.07, 6.45) is 0. The standard InChI is InChI=1S/C42H28N2S/c1-4-14-29(15-5-1)33-21-12-22-36-41(33)42-37(23-13-24-38(42)44(36)31-18-8-3-9-19-31)43(30-16-6-2-7-17-30)32-26-27-40-35(28-32)34-20-10-11-25-39(34)45-40/h1-28H. The van der Waals surface area contributed by atoms with Gasteiger partial charge in [-0.2, -0.15) is 0 Å². The fourth-order valence-corrected chi connectivity index (χ4v) is 7.93. The lowest BCUT2D eigenvalue weighted by molar-refractivity contribution is 1.18. The molecule has 0 bridgehead atoms. The van der Waals surface area contributed by atoms with Crippen molar-refractivity contribution in [3.05, 3.63) is 170 Å². The van der Waals surface area contributed by atoms with Crippen molar-refractivity contribution >= 4 is 70.4 Å². The molecular weight excluding hydrogens is 565 g/mol. The number of benzene rings is 7. The van der Waals surface area contributed by atoms with E-state index in [1.807, 2.05) is 11.3 Å². The van der Waals surface area contributed by atoms with Crippen molar-refractivity contribution in [1.29, 1.82) is 0 Å². The number of rotatable bonds is 5. The number of anilines is 3. The van der Waals surface area contributed by atoms with Crippen LogP contribution in [0.1, 0.15) is 0 Å². The van der Waals surface area contributed by atoms with Gasteiger partial charge in [0.1, 0.15) is 0 Å². The Kier molecular flexibility index (Phi) is 6.03. The van der Waals surface area contributed by atoms with Gasteiger partial charge in [0.2, 0.25) is 0 Å². The van der Waals surface area contributed by atoms with Gasteiger partial charge in [0, 0.05) is 48.0 Å². The van der Waals surface area contributed by atoms with Crippen molar-refractivity contribution in [2.75, 3.05) is 4.90 Å². The molecule has 0 aliphatic heterocycles. The van der Waals surface area contributed by atoms with Crippen LogP contribution in [0.2, 0.25) is 0 Å². The van der Waals surface area contributed by atoms with Crippen molar-refractivity contribution in [3.63, 3.8) is 0 Å². The summed E-state index contributed by atoms with van der Waals surface area (Å²) in [5.74, 6) is 0. The van der Waals surface area contributed by atoms with E-state index in [4.69, 9.17) is 0 Å². The molecule has 0 radical (unpaired) electrons. The number of para-hydroxylation sites is 2. The number of hydrogen-bond donors (Lipinski definition) is 0. The monoisotopic (exact) mass is 592 g/mol. The van der Waals surface area contributed by atoms with Crippen LogP contribution < -0.4 is 4.90 Å². The van der Waals surface area contributed by atoms with E-state index in [0.717, 1.165) is 22.7 Å². The Bertz CT molecular complexity index is 2470. The Labute approximate surface area is 265 Å². The molecule has 3 heteroatoms. The van der Waals surface area contributed by atoms with E-state index >= 15 is 0 Å². The minimum atomic E-state index is 1.13. The average molecular weight is 593 g/mol. The predicted octanol–water partition coefficient (Wildman–Crippen LogP) is 12.3. The van der Waals surface area contributed by atoms with Crippen LogP contribution in [0.5, 0.6) is 0 Å². The van der Waals surface area contributed by atoms with Crippen molar-refractivity contribution in [3.8, 4) is 16.8 Å². The summed E-state index contributed by atoms with van der Waals surface area (Å²) < 4.78 is 5.04. The van der Waals surface area contributed by atoms with E-state index in [0.29, 0.717) is 0 Å². The Morgan fingerprint density at radius 3 is 1.89 bits per heavy atom. The highest BCUT2D eigenvalue weighted by molar-refractivity contribution is 7.25. The smallest absolute Gasteiger partial charge is 0.0562 e. The summed E-state index contributed by atoms with van der Waals surface area (Å²) >= 11 is 1.86. The summed E-state index contributed by atoms with van der Waals surface area (Å²) in [7, 11) is 0. The number of fused-ring (bicyclic) bond motifs is 6. The Morgan fingerprint density at radius 2 is 1.09 bits per heavy atom. The van der Waals surface area contributed by atoms with Crippen LogP contribution in [0.3, 0.4) is 0 Å². The Hall–Kier alpha value is -5.64. The average Bonchev–Trinajstić information content (AvgIpc) is 3.66. The highest BCUT2D eigenvalue weighted by Crippen LogP contribution is 2.47. The van der Waals surface area contributed by atoms with Gasteiger partial charge in [-0.15, -0.1) is 11.3 Å². The molecule has 0 saturated heterocycles. The van der Waals surface area contributed by atoms with Gasteiger partial charge in [-0.05, 0) is 77.9 Å². The molecule has 0 fully saturated rings. The molecule has 0 unspecified atom stereocenters.